The lowest BCUT2D eigenvalue weighted by atomic mass is 9.82. The van der Waals surface area contributed by atoms with Crippen LogP contribution in [0.1, 0.15) is 40.2 Å². The number of benzene rings is 2. The van der Waals surface area contributed by atoms with Crippen molar-refractivity contribution in [3.63, 3.8) is 0 Å². The lowest BCUT2D eigenvalue weighted by molar-refractivity contribution is -0.136. The average molecular weight is 438 g/mol. The monoisotopic (exact) mass is 438 g/mol. The lowest BCUT2D eigenvalue weighted by Gasteiger charge is -2.25. The highest BCUT2D eigenvalue weighted by Crippen LogP contribution is 2.34. The summed E-state index contributed by atoms with van der Waals surface area (Å²) in [5.74, 6) is -1.65. The molecule has 9 nitrogen and oxygen atoms in total. The Bertz CT molecular complexity index is 1030. The van der Waals surface area contributed by atoms with Crippen LogP contribution >= 0.6 is 0 Å². The standard InChI is InChI=1S/C23H26N4O5/c1-27(2)20(28)13-31-21(29)15-7-10-17(11-8-15)32-22(30)18-5-3-4-14-6-9-16(12-19(14)18)26-23(24)25/h6-12,18H,3-5,13H2,1-2H3,(H4,24,25,26). The fourth-order valence-corrected chi connectivity index (χ4v) is 3.46. The molecule has 1 atom stereocenters. The van der Waals surface area contributed by atoms with E-state index in [2.05, 4.69) is 5.32 Å². The Balaban J connectivity index is 1.66. The molecule has 9 heteroatoms. The summed E-state index contributed by atoms with van der Waals surface area (Å²) in [5.41, 5.74) is 8.23. The molecule has 2 aromatic rings. The van der Waals surface area contributed by atoms with E-state index in [1.807, 2.05) is 18.2 Å². The number of ether oxygens (including phenoxy) is 2. The SMILES string of the molecule is CN(C)C(=O)COC(=O)c1ccc(OC(=O)C2CCCc3ccc(NC(=N)N)cc32)cc1. The van der Waals surface area contributed by atoms with Crippen LogP contribution in [0.15, 0.2) is 42.5 Å². The van der Waals surface area contributed by atoms with Crippen molar-refractivity contribution in [3.05, 3.63) is 59.2 Å². The summed E-state index contributed by atoms with van der Waals surface area (Å²) in [7, 11) is 3.15. The molecule has 0 aromatic heterocycles. The zero-order chi connectivity index (χ0) is 23.3. The van der Waals surface area contributed by atoms with E-state index < -0.39 is 17.9 Å². The summed E-state index contributed by atoms with van der Waals surface area (Å²) < 4.78 is 10.5. The summed E-state index contributed by atoms with van der Waals surface area (Å²) in [6, 6.07) is 11.6. The Morgan fingerprint density at radius 2 is 1.88 bits per heavy atom. The van der Waals surface area contributed by atoms with Gasteiger partial charge in [-0.3, -0.25) is 15.0 Å². The summed E-state index contributed by atoms with van der Waals surface area (Å²) in [5, 5.41) is 10.1. The average Bonchev–Trinajstić information content (AvgIpc) is 2.76. The minimum Gasteiger partial charge on any atom is -0.452 e. The van der Waals surface area contributed by atoms with Crippen molar-refractivity contribution in [1.82, 2.24) is 4.90 Å². The maximum absolute atomic E-state index is 12.9. The van der Waals surface area contributed by atoms with Crippen molar-refractivity contribution in [2.75, 3.05) is 26.0 Å². The molecule has 1 aliphatic rings. The number of hydrogen-bond acceptors (Lipinski definition) is 6. The van der Waals surface area contributed by atoms with E-state index in [-0.39, 0.29) is 24.0 Å². The molecule has 0 bridgehead atoms. The van der Waals surface area contributed by atoms with Crippen molar-refractivity contribution >= 4 is 29.5 Å². The molecule has 0 radical (unpaired) electrons. The van der Waals surface area contributed by atoms with Gasteiger partial charge in [-0.1, -0.05) is 6.07 Å². The van der Waals surface area contributed by atoms with Crippen molar-refractivity contribution in [2.45, 2.75) is 25.2 Å². The Hall–Kier alpha value is -3.88. The molecule has 168 valence electrons. The predicted molar refractivity (Wildman–Crippen MR) is 119 cm³/mol. The van der Waals surface area contributed by atoms with Gasteiger partial charge in [0.25, 0.3) is 5.91 Å². The largest absolute Gasteiger partial charge is 0.452 e. The van der Waals surface area contributed by atoms with E-state index in [4.69, 9.17) is 20.6 Å². The number of hydrogen-bond donors (Lipinski definition) is 3. The van der Waals surface area contributed by atoms with Crippen LogP contribution in [0.2, 0.25) is 0 Å². The number of nitrogens with two attached hydrogens (primary N) is 1. The fourth-order valence-electron chi connectivity index (χ4n) is 3.46. The number of nitrogens with one attached hydrogen (secondary N) is 2. The van der Waals surface area contributed by atoms with Crippen molar-refractivity contribution < 1.29 is 23.9 Å². The molecular formula is C23H26N4O5. The van der Waals surface area contributed by atoms with Gasteiger partial charge in [0.1, 0.15) is 5.75 Å². The van der Waals surface area contributed by atoms with E-state index in [9.17, 15) is 14.4 Å². The Labute approximate surface area is 186 Å². The van der Waals surface area contributed by atoms with Gasteiger partial charge in [0.05, 0.1) is 11.5 Å². The molecule has 1 amide bonds. The van der Waals surface area contributed by atoms with Crippen LogP contribution in [0.5, 0.6) is 5.75 Å². The smallest absolute Gasteiger partial charge is 0.338 e. The molecule has 1 aliphatic carbocycles. The molecule has 4 N–H and O–H groups in total. The first-order valence-electron chi connectivity index (χ1n) is 10.2. The Morgan fingerprint density at radius 1 is 1.16 bits per heavy atom. The number of amides is 1. The predicted octanol–water partition coefficient (Wildman–Crippen LogP) is 2.26. The van der Waals surface area contributed by atoms with Crippen molar-refractivity contribution in [1.29, 1.82) is 5.41 Å². The van der Waals surface area contributed by atoms with Crippen LogP contribution in [0, 0.1) is 5.41 Å². The number of guanidine groups is 1. The first kappa shape index (κ1) is 22.8. The highest BCUT2D eigenvalue weighted by Gasteiger charge is 2.28. The number of anilines is 1. The topological polar surface area (TPSA) is 135 Å². The number of rotatable bonds is 6. The molecule has 0 heterocycles. The van der Waals surface area contributed by atoms with Crippen LogP contribution in [0.3, 0.4) is 0 Å². The van der Waals surface area contributed by atoms with Crippen molar-refractivity contribution in [3.8, 4) is 5.75 Å². The van der Waals surface area contributed by atoms with Gasteiger partial charge in [0, 0.05) is 19.8 Å². The first-order valence-corrected chi connectivity index (χ1v) is 10.2. The van der Waals surface area contributed by atoms with E-state index >= 15 is 0 Å². The summed E-state index contributed by atoms with van der Waals surface area (Å²) in [6.45, 7) is -0.343. The lowest BCUT2D eigenvalue weighted by Crippen LogP contribution is -2.27. The van der Waals surface area contributed by atoms with E-state index in [0.29, 0.717) is 17.9 Å². The van der Waals surface area contributed by atoms with Gasteiger partial charge in [-0.05, 0) is 66.8 Å². The Morgan fingerprint density at radius 3 is 2.53 bits per heavy atom. The van der Waals surface area contributed by atoms with Crippen LogP contribution in [0.4, 0.5) is 5.69 Å². The molecule has 2 aromatic carbocycles. The molecule has 0 fully saturated rings. The zero-order valence-corrected chi connectivity index (χ0v) is 18.0. The fraction of sp³-hybridized carbons (Fsp3) is 0.304. The van der Waals surface area contributed by atoms with Crippen LogP contribution < -0.4 is 15.8 Å². The van der Waals surface area contributed by atoms with Crippen LogP contribution in [-0.2, 0) is 20.7 Å². The van der Waals surface area contributed by atoms with Crippen LogP contribution in [0.25, 0.3) is 0 Å². The third-order valence-corrected chi connectivity index (χ3v) is 5.16. The Kier molecular flexibility index (Phi) is 7.09. The quantitative estimate of drug-likeness (QED) is 0.272. The number of esters is 2. The third-order valence-electron chi connectivity index (χ3n) is 5.16. The second-order valence-electron chi connectivity index (χ2n) is 7.71. The van der Waals surface area contributed by atoms with Crippen molar-refractivity contribution in [2.24, 2.45) is 5.73 Å². The highest BCUT2D eigenvalue weighted by atomic mass is 16.5. The minimum absolute atomic E-state index is 0.176. The summed E-state index contributed by atoms with van der Waals surface area (Å²) in [6.07, 6.45) is 2.38. The third kappa shape index (κ3) is 5.63. The number of fused-ring (bicyclic) bond motifs is 1. The number of aryl methyl sites for hydroxylation is 1. The molecule has 0 saturated heterocycles. The second-order valence-corrected chi connectivity index (χ2v) is 7.71. The normalized spacial score (nSPS) is 14.6. The molecular weight excluding hydrogens is 412 g/mol. The molecule has 1 unspecified atom stereocenters. The summed E-state index contributed by atoms with van der Waals surface area (Å²) >= 11 is 0. The van der Waals surface area contributed by atoms with Gasteiger partial charge in [-0.2, -0.15) is 0 Å². The molecule has 3 rings (SSSR count). The number of likely N-dealkylation sites (N-methyl/N-ethyl adjacent to an activating group) is 1. The molecule has 0 saturated carbocycles. The van der Waals surface area contributed by atoms with E-state index in [1.54, 1.807) is 14.1 Å². The molecule has 0 aliphatic heterocycles. The minimum atomic E-state index is -0.634. The second kappa shape index (κ2) is 9.95. The molecule has 0 spiro atoms. The summed E-state index contributed by atoms with van der Waals surface area (Å²) in [4.78, 5) is 37.8. The van der Waals surface area contributed by atoms with Gasteiger partial charge in [0.2, 0.25) is 0 Å². The highest BCUT2D eigenvalue weighted by molar-refractivity contribution is 5.92. The van der Waals surface area contributed by atoms with E-state index in [0.717, 1.165) is 24.0 Å². The van der Waals surface area contributed by atoms with Gasteiger partial charge in [0.15, 0.2) is 12.6 Å². The number of nitrogens with zero attached hydrogens (tertiary/aromatic N) is 1. The maximum atomic E-state index is 12.9. The number of carbonyl (C=O) groups is 3. The maximum Gasteiger partial charge on any atom is 0.338 e. The van der Waals surface area contributed by atoms with Gasteiger partial charge in [-0.15, -0.1) is 0 Å². The van der Waals surface area contributed by atoms with Crippen LogP contribution in [-0.4, -0.2) is 49.4 Å². The number of carbonyl (C=O) groups excluding carboxylic acids is 3. The molecule has 32 heavy (non-hydrogen) atoms. The van der Waals surface area contributed by atoms with Gasteiger partial charge >= 0.3 is 11.9 Å². The van der Waals surface area contributed by atoms with Gasteiger partial charge < -0.3 is 25.4 Å². The van der Waals surface area contributed by atoms with E-state index in [1.165, 1.54) is 29.2 Å². The zero-order valence-electron chi connectivity index (χ0n) is 18.0. The van der Waals surface area contributed by atoms with Gasteiger partial charge in [-0.25, -0.2) is 4.79 Å². The first-order chi connectivity index (χ1) is 15.2.